The van der Waals surface area contributed by atoms with Gasteiger partial charge in [0.25, 0.3) is 0 Å². The highest BCUT2D eigenvalue weighted by atomic mass is 35.5. The highest BCUT2D eigenvalue weighted by Gasteiger charge is 2.31. The fourth-order valence-electron chi connectivity index (χ4n) is 3.74. The minimum atomic E-state index is -0.769. The number of amides is 2. The van der Waals surface area contributed by atoms with Crippen molar-refractivity contribution < 1.29 is 14.0 Å². The second-order valence-electron chi connectivity index (χ2n) is 8.69. The van der Waals surface area contributed by atoms with Gasteiger partial charge in [0, 0.05) is 46.7 Å². The maximum Gasteiger partial charge on any atom is 0.243 e. The molecule has 190 valence electrons. The molecule has 3 rings (SSSR count). The van der Waals surface area contributed by atoms with Crippen LogP contribution in [0.25, 0.3) is 0 Å². The standard InChI is InChI=1S/C29H32ClFN2O2S/c1-3-21(2)32-29(35)27(19-22-9-5-4-6-10-22)33(20-23-11-7-8-12-26(23)31)28(34)17-18-36-25-15-13-24(30)14-16-25/h4-16,21,27H,3,17-20H2,1-2H3,(H,32,35)/t21-,27+/m0/s1. The van der Waals surface area contributed by atoms with Crippen LogP contribution in [0.2, 0.25) is 5.02 Å². The molecule has 0 saturated heterocycles. The van der Waals surface area contributed by atoms with E-state index in [0.717, 1.165) is 16.9 Å². The number of halogens is 2. The summed E-state index contributed by atoms with van der Waals surface area (Å²) in [6.07, 6.45) is 1.32. The largest absolute Gasteiger partial charge is 0.352 e. The number of nitrogens with zero attached hydrogens (tertiary/aromatic N) is 1. The molecule has 0 unspecified atom stereocenters. The number of benzene rings is 3. The van der Waals surface area contributed by atoms with E-state index in [4.69, 9.17) is 11.6 Å². The van der Waals surface area contributed by atoms with Gasteiger partial charge in [0.2, 0.25) is 11.8 Å². The van der Waals surface area contributed by atoms with Crippen LogP contribution < -0.4 is 5.32 Å². The van der Waals surface area contributed by atoms with E-state index in [9.17, 15) is 14.0 Å². The summed E-state index contributed by atoms with van der Waals surface area (Å²) in [6, 6.07) is 22.6. The molecular formula is C29H32ClFN2O2S. The zero-order valence-corrected chi connectivity index (χ0v) is 22.2. The minimum Gasteiger partial charge on any atom is -0.352 e. The number of rotatable bonds is 12. The van der Waals surface area contributed by atoms with Crippen LogP contribution in [0, 0.1) is 5.82 Å². The van der Waals surface area contributed by atoms with Crippen molar-refractivity contribution >= 4 is 35.2 Å². The summed E-state index contributed by atoms with van der Waals surface area (Å²) < 4.78 is 14.6. The average molecular weight is 527 g/mol. The fourth-order valence-corrected chi connectivity index (χ4v) is 4.70. The predicted molar refractivity (Wildman–Crippen MR) is 146 cm³/mol. The van der Waals surface area contributed by atoms with Gasteiger partial charge in [-0.3, -0.25) is 9.59 Å². The van der Waals surface area contributed by atoms with E-state index in [1.165, 1.54) is 11.0 Å². The topological polar surface area (TPSA) is 49.4 Å². The van der Waals surface area contributed by atoms with Gasteiger partial charge in [-0.05, 0) is 49.2 Å². The predicted octanol–water partition coefficient (Wildman–Crippen LogP) is 6.52. The van der Waals surface area contributed by atoms with Gasteiger partial charge in [-0.2, -0.15) is 0 Å². The van der Waals surface area contributed by atoms with Crippen LogP contribution in [0.1, 0.15) is 37.8 Å². The molecule has 0 aliphatic heterocycles. The lowest BCUT2D eigenvalue weighted by atomic mass is 10.0. The third-order valence-corrected chi connectivity index (χ3v) is 7.23. The van der Waals surface area contributed by atoms with Crippen molar-refractivity contribution in [1.29, 1.82) is 0 Å². The van der Waals surface area contributed by atoms with E-state index in [1.54, 1.807) is 30.0 Å². The van der Waals surface area contributed by atoms with Gasteiger partial charge in [-0.1, -0.05) is 67.1 Å². The first-order valence-electron chi connectivity index (χ1n) is 12.1. The maximum atomic E-state index is 14.6. The highest BCUT2D eigenvalue weighted by Crippen LogP contribution is 2.23. The smallest absolute Gasteiger partial charge is 0.243 e. The first-order valence-corrected chi connectivity index (χ1v) is 13.5. The Balaban J connectivity index is 1.86. The van der Waals surface area contributed by atoms with Crippen LogP contribution in [0.15, 0.2) is 83.8 Å². The Morgan fingerprint density at radius 1 is 1.00 bits per heavy atom. The zero-order valence-electron chi connectivity index (χ0n) is 20.6. The summed E-state index contributed by atoms with van der Waals surface area (Å²) in [5, 5.41) is 3.68. The summed E-state index contributed by atoms with van der Waals surface area (Å²) in [5.41, 5.74) is 1.31. The molecule has 3 aromatic carbocycles. The SMILES string of the molecule is CC[C@H](C)NC(=O)[C@@H](Cc1ccccc1)N(Cc1ccccc1F)C(=O)CCSc1ccc(Cl)cc1. The van der Waals surface area contributed by atoms with Crippen molar-refractivity contribution in [2.24, 2.45) is 0 Å². The maximum absolute atomic E-state index is 14.6. The summed E-state index contributed by atoms with van der Waals surface area (Å²) >= 11 is 7.51. The third kappa shape index (κ3) is 8.38. The Hall–Kier alpha value is -2.83. The lowest BCUT2D eigenvalue weighted by molar-refractivity contribution is -0.141. The molecule has 36 heavy (non-hydrogen) atoms. The number of hydrogen-bond donors (Lipinski definition) is 1. The lowest BCUT2D eigenvalue weighted by Crippen LogP contribution is -2.52. The van der Waals surface area contributed by atoms with Gasteiger partial charge in [0.15, 0.2) is 0 Å². The van der Waals surface area contributed by atoms with Crippen LogP contribution in [0.4, 0.5) is 4.39 Å². The Morgan fingerprint density at radius 3 is 2.33 bits per heavy atom. The second kappa shape index (κ2) is 14.0. The average Bonchev–Trinajstić information content (AvgIpc) is 2.88. The molecule has 4 nitrogen and oxygen atoms in total. The third-order valence-electron chi connectivity index (χ3n) is 5.97. The van der Waals surface area contributed by atoms with Gasteiger partial charge in [-0.25, -0.2) is 4.39 Å². The van der Waals surface area contributed by atoms with Crippen molar-refractivity contribution in [2.75, 3.05) is 5.75 Å². The van der Waals surface area contributed by atoms with E-state index < -0.39 is 11.9 Å². The fraction of sp³-hybridized carbons (Fsp3) is 0.310. The molecule has 0 radical (unpaired) electrons. The van der Waals surface area contributed by atoms with Crippen LogP contribution in [-0.2, 0) is 22.6 Å². The van der Waals surface area contributed by atoms with Gasteiger partial charge in [-0.15, -0.1) is 11.8 Å². The minimum absolute atomic E-state index is 0.0164. The molecule has 2 atom stereocenters. The first kappa shape index (κ1) is 27.8. The van der Waals surface area contributed by atoms with Gasteiger partial charge in [0.05, 0.1) is 0 Å². The Labute approximate surface area is 222 Å². The van der Waals surface area contributed by atoms with Crippen molar-refractivity contribution in [2.45, 2.75) is 56.6 Å². The highest BCUT2D eigenvalue weighted by molar-refractivity contribution is 7.99. The summed E-state index contributed by atoms with van der Waals surface area (Å²) in [6.45, 7) is 3.94. The quantitative estimate of drug-likeness (QED) is 0.273. The van der Waals surface area contributed by atoms with Gasteiger partial charge >= 0.3 is 0 Å². The van der Waals surface area contributed by atoms with E-state index in [-0.39, 0.29) is 30.8 Å². The molecule has 1 N–H and O–H groups in total. The number of carbonyl (C=O) groups is 2. The Bertz CT molecular complexity index is 1130. The summed E-state index contributed by atoms with van der Waals surface area (Å²) in [4.78, 5) is 29.6. The molecule has 7 heteroatoms. The molecule has 0 bridgehead atoms. The second-order valence-corrected chi connectivity index (χ2v) is 10.3. The molecule has 0 aromatic heterocycles. The molecular weight excluding hydrogens is 495 g/mol. The number of nitrogens with one attached hydrogen (secondary N) is 1. The molecule has 2 amide bonds. The van der Waals surface area contributed by atoms with Crippen LogP contribution in [0.5, 0.6) is 0 Å². The first-order chi connectivity index (χ1) is 17.4. The van der Waals surface area contributed by atoms with Crippen molar-refractivity contribution in [3.8, 4) is 0 Å². The molecule has 0 aliphatic rings. The molecule has 0 aliphatic carbocycles. The summed E-state index contributed by atoms with van der Waals surface area (Å²) in [5.74, 6) is -0.297. The monoisotopic (exact) mass is 526 g/mol. The lowest BCUT2D eigenvalue weighted by Gasteiger charge is -2.32. The summed E-state index contributed by atoms with van der Waals surface area (Å²) in [7, 11) is 0. The molecule has 3 aromatic rings. The number of carbonyl (C=O) groups excluding carboxylic acids is 2. The van der Waals surface area contributed by atoms with E-state index in [2.05, 4.69) is 5.32 Å². The Morgan fingerprint density at radius 2 is 1.67 bits per heavy atom. The van der Waals surface area contributed by atoms with Crippen LogP contribution in [-0.4, -0.2) is 34.6 Å². The molecule has 0 saturated carbocycles. The number of hydrogen-bond acceptors (Lipinski definition) is 3. The van der Waals surface area contributed by atoms with Crippen LogP contribution >= 0.6 is 23.4 Å². The van der Waals surface area contributed by atoms with Crippen molar-refractivity contribution in [3.63, 3.8) is 0 Å². The van der Waals surface area contributed by atoms with E-state index >= 15 is 0 Å². The van der Waals surface area contributed by atoms with Crippen molar-refractivity contribution in [3.05, 3.63) is 101 Å². The van der Waals surface area contributed by atoms with Gasteiger partial charge < -0.3 is 10.2 Å². The van der Waals surface area contributed by atoms with E-state index in [1.807, 2.05) is 68.4 Å². The number of thioether (sulfide) groups is 1. The van der Waals surface area contributed by atoms with Gasteiger partial charge in [0.1, 0.15) is 11.9 Å². The zero-order chi connectivity index (χ0) is 25.9. The normalized spacial score (nSPS) is 12.6. The van der Waals surface area contributed by atoms with Crippen LogP contribution in [0.3, 0.4) is 0 Å². The Kier molecular flexibility index (Phi) is 10.8. The molecule has 0 fully saturated rings. The van der Waals surface area contributed by atoms with E-state index in [0.29, 0.717) is 22.8 Å². The molecule has 0 spiro atoms. The molecule has 0 heterocycles. The van der Waals surface area contributed by atoms with Crippen molar-refractivity contribution in [1.82, 2.24) is 10.2 Å².